The summed E-state index contributed by atoms with van der Waals surface area (Å²) in [6.45, 7) is 0. The molecule has 2 amide bonds. The summed E-state index contributed by atoms with van der Waals surface area (Å²) in [5, 5.41) is 3.33. The number of anilines is 4. The molecule has 0 fully saturated rings. The molecular weight excluding hydrogens is 382 g/mol. The zero-order valence-corrected chi connectivity index (χ0v) is 16.0. The number of carbonyl (C=O) groups is 1. The maximum absolute atomic E-state index is 12.2. The Kier molecular flexibility index (Phi) is 5.81. The van der Waals surface area contributed by atoms with Gasteiger partial charge in [0.1, 0.15) is 34.5 Å². The standard InChI is InChI=1S/C19H18ClN5O3/c1-27-13-8-14(18(20)15(9-13)28-2)25(19(21)26)17-10-16(22-11-23-17)24-12-6-4-3-5-7-12/h3-11H,1-2H3,(H2,21,26)(H,22,23,24). The van der Waals surface area contributed by atoms with Crippen molar-refractivity contribution in [3.8, 4) is 11.5 Å². The van der Waals surface area contributed by atoms with Crippen molar-refractivity contribution in [1.29, 1.82) is 0 Å². The van der Waals surface area contributed by atoms with Gasteiger partial charge in [-0.2, -0.15) is 0 Å². The largest absolute Gasteiger partial charge is 0.497 e. The number of amides is 2. The number of carbonyl (C=O) groups excluding carboxylic acids is 1. The number of benzene rings is 2. The van der Waals surface area contributed by atoms with Crippen LogP contribution in [0.2, 0.25) is 5.02 Å². The Labute approximate surface area is 166 Å². The normalized spacial score (nSPS) is 10.2. The lowest BCUT2D eigenvalue weighted by atomic mass is 10.2. The number of aromatic nitrogens is 2. The third-order valence-corrected chi connectivity index (χ3v) is 4.22. The third kappa shape index (κ3) is 4.07. The molecule has 0 aliphatic rings. The maximum Gasteiger partial charge on any atom is 0.325 e. The summed E-state index contributed by atoms with van der Waals surface area (Å²) >= 11 is 6.41. The van der Waals surface area contributed by atoms with Crippen LogP contribution in [0, 0.1) is 0 Å². The molecule has 2 aromatic carbocycles. The van der Waals surface area contributed by atoms with E-state index in [-0.39, 0.29) is 16.5 Å². The Balaban J connectivity index is 2.04. The average Bonchev–Trinajstić information content (AvgIpc) is 2.70. The number of primary amides is 1. The van der Waals surface area contributed by atoms with Crippen molar-refractivity contribution < 1.29 is 14.3 Å². The highest BCUT2D eigenvalue weighted by molar-refractivity contribution is 6.35. The average molecular weight is 400 g/mol. The van der Waals surface area contributed by atoms with Crippen LogP contribution in [0.3, 0.4) is 0 Å². The first-order valence-corrected chi connectivity index (χ1v) is 8.56. The molecule has 0 spiro atoms. The number of hydrogen-bond acceptors (Lipinski definition) is 6. The van der Waals surface area contributed by atoms with Crippen LogP contribution < -0.4 is 25.4 Å². The lowest BCUT2D eigenvalue weighted by Crippen LogP contribution is -2.32. The summed E-state index contributed by atoms with van der Waals surface area (Å²) in [7, 11) is 2.96. The fraction of sp³-hybridized carbons (Fsp3) is 0.105. The van der Waals surface area contributed by atoms with Crippen molar-refractivity contribution in [2.75, 3.05) is 24.4 Å². The maximum atomic E-state index is 12.2. The van der Waals surface area contributed by atoms with Gasteiger partial charge in [-0.25, -0.2) is 19.7 Å². The highest BCUT2D eigenvalue weighted by Gasteiger charge is 2.23. The van der Waals surface area contributed by atoms with Crippen molar-refractivity contribution in [1.82, 2.24) is 9.97 Å². The summed E-state index contributed by atoms with van der Waals surface area (Å²) in [6, 6.07) is 13.4. The number of methoxy groups -OCH3 is 2. The zero-order valence-electron chi connectivity index (χ0n) is 15.2. The molecule has 0 saturated carbocycles. The highest BCUT2D eigenvalue weighted by atomic mass is 35.5. The van der Waals surface area contributed by atoms with E-state index in [1.807, 2.05) is 30.3 Å². The molecule has 144 valence electrons. The minimum absolute atomic E-state index is 0.193. The van der Waals surface area contributed by atoms with Gasteiger partial charge in [0.2, 0.25) is 0 Å². The van der Waals surface area contributed by atoms with E-state index in [0.29, 0.717) is 17.3 Å². The van der Waals surface area contributed by atoms with Crippen LogP contribution >= 0.6 is 11.6 Å². The molecule has 0 aliphatic heterocycles. The molecule has 3 N–H and O–H groups in total. The van der Waals surface area contributed by atoms with E-state index < -0.39 is 6.03 Å². The van der Waals surface area contributed by atoms with Crippen LogP contribution in [0.5, 0.6) is 11.5 Å². The van der Waals surface area contributed by atoms with Crippen LogP contribution in [0.1, 0.15) is 0 Å². The van der Waals surface area contributed by atoms with Crippen molar-refractivity contribution in [3.05, 3.63) is 59.9 Å². The fourth-order valence-electron chi connectivity index (χ4n) is 2.55. The van der Waals surface area contributed by atoms with E-state index in [2.05, 4.69) is 15.3 Å². The van der Waals surface area contributed by atoms with Gasteiger partial charge in [0.05, 0.1) is 19.9 Å². The number of para-hydroxylation sites is 1. The number of urea groups is 1. The van der Waals surface area contributed by atoms with Crippen molar-refractivity contribution in [3.63, 3.8) is 0 Å². The Morgan fingerprint density at radius 2 is 1.86 bits per heavy atom. The van der Waals surface area contributed by atoms with Gasteiger partial charge in [0.25, 0.3) is 0 Å². The molecule has 1 heterocycles. The lowest BCUT2D eigenvalue weighted by molar-refractivity contribution is 0.256. The van der Waals surface area contributed by atoms with Crippen LogP contribution in [-0.2, 0) is 0 Å². The van der Waals surface area contributed by atoms with E-state index in [9.17, 15) is 4.79 Å². The van der Waals surface area contributed by atoms with E-state index >= 15 is 0 Å². The predicted molar refractivity (Wildman–Crippen MR) is 108 cm³/mol. The SMILES string of the molecule is COc1cc(OC)c(Cl)c(N(C(N)=O)c2cc(Nc3ccccc3)ncn2)c1. The third-order valence-electron chi connectivity index (χ3n) is 3.84. The highest BCUT2D eigenvalue weighted by Crippen LogP contribution is 2.41. The predicted octanol–water partition coefficient (Wildman–Crippen LogP) is 4.11. The van der Waals surface area contributed by atoms with E-state index in [1.54, 1.807) is 18.2 Å². The topological polar surface area (TPSA) is 103 Å². The molecule has 0 radical (unpaired) electrons. The molecular formula is C19H18ClN5O3. The summed E-state index contributed by atoms with van der Waals surface area (Å²) in [4.78, 5) is 21.7. The smallest absolute Gasteiger partial charge is 0.325 e. The van der Waals surface area contributed by atoms with Gasteiger partial charge in [-0.3, -0.25) is 0 Å². The Morgan fingerprint density at radius 3 is 2.50 bits per heavy atom. The Hall–Kier alpha value is -3.52. The number of rotatable bonds is 6. The van der Waals surface area contributed by atoms with Crippen LogP contribution in [0.4, 0.5) is 27.8 Å². The number of nitrogens with one attached hydrogen (secondary N) is 1. The molecule has 3 rings (SSSR count). The first-order chi connectivity index (χ1) is 13.5. The van der Waals surface area contributed by atoms with Crippen LogP contribution in [0.15, 0.2) is 54.9 Å². The number of nitrogens with two attached hydrogens (primary N) is 1. The van der Waals surface area contributed by atoms with Gasteiger partial charge in [-0.15, -0.1) is 0 Å². The van der Waals surface area contributed by atoms with Crippen molar-refractivity contribution >= 4 is 40.6 Å². The molecule has 0 aliphatic carbocycles. The quantitative estimate of drug-likeness (QED) is 0.646. The van der Waals surface area contributed by atoms with Gasteiger partial charge < -0.3 is 20.5 Å². The number of nitrogens with zero attached hydrogens (tertiary/aromatic N) is 3. The summed E-state index contributed by atoms with van der Waals surface area (Å²) in [5.74, 6) is 1.49. The number of halogens is 1. The first kappa shape index (κ1) is 19.2. The van der Waals surface area contributed by atoms with E-state index in [4.69, 9.17) is 26.8 Å². The summed E-state index contributed by atoms with van der Waals surface area (Å²) < 4.78 is 10.5. The van der Waals surface area contributed by atoms with Gasteiger partial charge in [0.15, 0.2) is 0 Å². The summed E-state index contributed by atoms with van der Waals surface area (Å²) in [5.41, 5.74) is 6.73. The Bertz CT molecular complexity index is 985. The van der Waals surface area contributed by atoms with Gasteiger partial charge in [-0.1, -0.05) is 29.8 Å². The molecule has 8 nitrogen and oxygen atoms in total. The molecule has 0 unspecified atom stereocenters. The molecule has 0 bridgehead atoms. The van der Waals surface area contributed by atoms with Gasteiger partial charge >= 0.3 is 6.03 Å². The number of hydrogen-bond donors (Lipinski definition) is 2. The second kappa shape index (κ2) is 8.45. The monoisotopic (exact) mass is 399 g/mol. The molecule has 9 heteroatoms. The van der Waals surface area contributed by atoms with E-state index in [0.717, 1.165) is 10.6 Å². The molecule has 0 atom stereocenters. The first-order valence-electron chi connectivity index (χ1n) is 8.18. The minimum atomic E-state index is -0.776. The molecule has 1 aromatic heterocycles. The minimum Gasteiger partial charge on any atom is -0.497 e. The van der Waals surface area contributed by atoms with Crippen LogP contribution in [-0.4, -0.2) is 30.2 Å². The fourth-order valence-corrected chi connectivity index (χ4v) is 2.82. The van der Waals surface area contributed by atoms with Gasteiger partial charge in [-0.05, 0) is 12.1 Å². The second-order valence-electron chi connectivity index (χ2n) is 5.59. The summed E-state index contributed by atoms with van der Waals surface area (Å²) in [6.07, 6.45) is 1.32. The van der Waals surface area contributed by atoms with E-state index in [1.165, 1.54) is 20.5 Å². The molecule has 28 heavy (non-hydrogen) atoms. The zero-order chi connectivity index (χ0) is 20.1. The molecule has 3 aromatic rings. The van der Waals surface area contributed by atoms with Crippen molar-refractivity contribution in [2.45, 2.75) is 0 Å². The lowest BCUT2D eigenvalue weighted by Gasteiger charge is -2.22. The van der Waals surface area contributed by atoms with Gasteiger partial charge in [0, 0.05) is 23.9 Å². The van der Waals surface area contributed by atoms with Crippen LogP contribution in [0.25, 0.3) is 0 Å². The number of ether oxygens (including phenoxy) is 2. The second-order valence-corrected chi connectivity index (χ2v) is 5.97. The van der Waals surface area contributed by atoms with Crippen molar-refractivity contribution in [2.24, 2.45) is 5.73 Å². The molecule has 0 saturated heterocycles. The Morgan fingerprint density at radius 1 is 1.11 bits per heavy atom.